The van der Waals surface area contributed by atoms with Crippen LogP contribution in [0.15, 0.2) is 103 Å². The molecule has 3 aromatic carbocycles. The van der Waals surface area contributed by atoms with Gasteiger partial charge in [0.15, 0.2) is 5.54 Å². The van der Waals surface area contributed by atoms with Crippen molar-refractivity contribution in [2.45, 2.75) is 57.2 Å². The Labute approximate surface area is 247 Å². The summed E-state index contributed by atoms with van der Waals surface area (Å²) in [5, 5.41) is 14.8. The van der Waals surface area contributed by atoms with Crippen LogP contribution in [0.2, 0.25) is 0 Å². The molecule has 1 aliphatic heterocycles. The Hall–Kier alpha value is -3.54. The minimum atomic E-state index is -1.34. The average molecular weight is 581 g/mol. The zero-order valence-corrected chi connectivity index (χ0v) is 23.8. The number of unbranched alkanes of at least 4 members (excludes halogenated alkanes) is 1. The number of likely N-dealkylation sites (tertiary alicyclic amines) is 1. The number of benzene rings is 3. The minimum absolute atomic E-state index is 0. The Morgan fingerprint density at radius 1 is 1.05 bits per heavy atom. The summed E-state index contributed by atoms with van der Waals surface area (Å²) in [7, 11) is 0. The van der Waals surface area contributed by atoms with Gasteiger partial charge in [0, 0.05) is 12.1 Å². The van der Waals surface area contributed by atoms with Crippen LogP contribution in [0.4, 0.5) is 5.69 Å². The van der Waals surface area contributed by atoms with Crippen molar-refractivity contribution < 1.29 is 31.2 Å². The number of aliphatic imine (C=N–C) groups is 1. The van der Waals surface area contributed by atoms with Gasteiger partial charge in [0.2, 0.25) is 0 Å². The number of rotatable bonds is 12. The van der Waals surface area contributed by atoms with Crippen LogP contribution in [0.3, 0.4) is 0 Å². The number of nitrogens with zero attached hydrogens (tertiary/aromatic N) is 3. The number of carboxylic acid groups (broad SMARTS) is 1. The topological polar surface area (TPSA) is 84.1 Å². The van der Waals surface area contributed by atoms with Gasteiger partial charge >= 0.3 is 22.5 Å². The van der Waals surface area contributed by atoms with Crippen LogP contribution in [-0.2, 0) is 32.6 Å². The zero-order valence-electron chi connectivity index (χ0n) is 22.8. The molecule has 1 heterocycles. The van der Waals surface area contributed by atoms with Crippen molar-refractivity contribution in [2.24, 2.45) is 4.99 Å². The van der Waals surface area contributed by atoms with Crippen molar-refractivity contribution in [1.82, 2.24) is 4.90 Å². The third-order valence-corrected chi connectivity index (χ3v) is 7.21. The van der Waals surface area contributed by atoms with Crippen molar-refractivity contribution in [3.63, 3.8) is 0 Å². The first kappa shape index (κ1) is 31.0. The molecule has 1 amide bonds. The zero-order chi connectivity index (χ0) is 27.7. The van der Waals surface area contributed by atoms with Crippen LogP contribution < -0.4 is 0 Å². The molecule has 0 aromatic heterocycles. The number of aliphatic carboxylic acids is 1. The molecule has 0 radical (unpaired) electrons. The van der Waals surface area contributed by atoms with Gasteiger partial charge in [0.05, 0.1) is 17.7 Å². The molecule has 7 heteroatoms. The monoisotopic (exact) mass is 580 g/mol. The van der Waals surface area contributed by atoms with Gasteiger partial charge in [-0.2, -0.15) is 0 Å². The smallest absolute Gasteiger partial charge is 0.625 e. The molecule has 1 fully saturated rings. The number of carboxylic acids is 1. The number of hydrogen-bond acceptors (Lipinski definition) is 4. The van der Waals surface area contributed by atoms with Gasteiger partial charge < -0.3 is 15.2 Å². The molecule has 0 spiro atoms. The van der Waals surface area contributed by atoms with Gasteiger partial charge in [-0.25, -0.2) is 4.79 Å². The molecular weight excluding hydrogens is 545 g/mol. The van der Waals surface area contributed by atoms with Crippen LogP contribution >= 0.6 is 0 Å². The maximum absolute atomic E-state index is 13.5. The Balaban J connectivity index is 0.00000441. The van der Waals surface area contributed by atoms with E-state index < -0.39 is 11.5 Å². The van der Waals surface area contributed by atoms with Crippen molar-refractivity contribution in [3.05, 3.63) is 120 Å². The molecule has 2 atom stereocenters. The quantitative estimate of drug-likeness (QED) is 0.109. The molecule has 0 aliphatic carbocycles. The maximum Gasteiger partial charge on any atom is 2.00 e. The number of carbonyl (C=O) groups is 2. The number of para-hydroxylation sites is 1. The Morgan fingerprint density at radius 3 is 2.38 bits per heavy atom. The first-order chi connectivity index (χ1) is 18.9. The van der Waals surface area contributed by atoms with Gasteiger partial charge in [-0.05, 0) is 56.7 Å². The van der Waals surface area contributed by atoms with E-state index in [9.17, 15) is 14.7 Å². The van der Waals surface area contributed by atoms with Crippen LogP contribution in [0, 0.1) is 0 Å². The second kappa shape index (κ2) is 14.7. The molecule has 0 bridgehead atoms. The summed E-state index contributed by atoms with van der Waals surface area (Å²) in [6.07, 6.45) is 5.21. The van der Waals surface area contributed by atoms with E-state index in [-0.39, 0.29) is 28.4 Å². The standard InChI is InChI=1S/C33H37N3O3.Ni/c1-3-4-13-22-33(2,32(38)39)35-30(26-17-9-6-10-18-26)27-19-11-12-20-28(27)34-31(37)29-21-14-23-36(29)24-25-15-7-5-8-16-25;/h3,5-12,15-20,29H,1,4,13-14,21-24H2,2H3,(H2,34,35,37,38,39);/q;+2/p-1/t29?,33-;/m0./s1. The first-order valence-electron chi connectivity index (χ1n) is 13.5. The Morgan fingerprint density at radius 2 is 1.70 bits per heavy atom. The summed E-state index contributed by atoms with van der Waals surface area (Å²) in [5.74, 6) is -1.18. The second-order valence-corrected chi connectivity index (χ2v) is 10.2. The molecule has 210 valence electrons. The van der Waals surface area contributed by atoms with E-state index in [1.54, 1.807) is 19.1 Å². The normalized spacial score (nSPS) is 16.9. The second-order valence-electron chi connectivity index (χ2n) is 10.2. The molecule has 1 N–H and O–H groups in total. The van der Waals surface area contributed by atoms with Crippen LogP contribution in [0.25, 0.3) is 5.32 Å². The van der Waals surface area contributed by atoms with Crippen molar-refractivity contribution in [1.29, 1.82) is 0 Å². The molecule has 0 saturated carbocycles. The fourth-order valence-electron chi connectivity index (χ4n) is 5.00. The summed E-state index contributed by atoms with van der Waals surface area (Å²) in [6, 6.07) is 26.7. The third-order valence-electron chi connectivity index (χ3n) is 7.21. The van der Waals surface area contributed by atoms with E-state index >= 15 is 0 Å². The summed E-state index contributed by atoms with van der Waals surface area (Å²) in [6.45, 7) is 6.94. The predicted molar refractivity (Wildman–Crippen MR) is 157 cm³/mol. The molecular formula is C33H36N3NiO3+. The van der Waals surface area contributed by atoms with Crippen LogP contribution in [0.5, 0.6) is 0 Å². The summed E-state index contributed by atoms with van der Waals surface area (Å²) < 4.78 is 0. The van der Waals surface area contributed by atoms with Crippen molar-refractivity contribution >= 4 is 23.3 Å². The molecule has 4 rings (SSSR count). The summed E-state index contributed by atoms with van der Waals surface area (Å²) >= 11 is 0. The fraction of sp³-hybridized carbons (Fsp3) is 0.303. The molecule has 1 saturated heterocycles. The van der Waals surface area contributed by atoms with E-state index in [0.717, 1.165) is 24.9 Å². The van der Waals surface area contributed by atoms with E-state index in [1.807, 2.05) is 66.7 Å². The third kappa shape index (κ3) is 7.77. The van der Waals surface area contributed by atoms with Gasteiger partial charge in [-0.3, -0.25) is 9.89 Å². The average Bonchev–Trinajstić information content (AvgIpc) is 3.41. The first-order valence-corrected chi connectivity index (χ1v) is 13.5. The van der Waals surface area contributed by atoms with Crippen molar-refractivity contribution in [3.8, 4) is 0 Å². The maximum atomic E-state index is 13.5. The van der Waals surface area contributed by atoms with E-state index in [4.69, 9.17) is 4.99 Å². The molecule has 6 nitrogen and oxygen atoms in total. The molecule has 40 heavy (non-hydrogen) atoms. The molecule has 1 unspecified atom stereocenters. The fourth-order valence-corrected chi connectivity index (χ4v) is 5.00. The predicted octanol–water partition coefficient (Wildman–Crippen LogP) is 6.92. The van der Waals surface area contributed by atoms with Gasteiger partial charge in [0.25, 0.3) is 0 Å². The Kier molecular flexibility index (Phi) is 11.4. The Bertz CT molecular complexity index is 1310. The SMILES string of the molecule is C=CCCC[C@](C)(N=C(c1ccccc1)c1ccccc1[N-]C(=O)C1CCCN1Cc1ccccc1)C(=O)O.[Ni+2]. The summed E-state index contributed by atoms with van der Waals surface area (Å²) in [5.41, 5.74) is 2.24. The van der Waals surface area contributed by atoms with Crippen LogP contribution in [-0.4, -0.2) is 45.7 Å². The largest absolute Gasteiger partial charge is 2.00 e. The van der Waals surface area contributed by atoms with E-state index in [1.165, 1.54) is 5.56 Å². The van der Waals surface area contributed by atoms with Crippen molar-refractivity contribution in [2.75, 3.05) is 6.54 Å². The number of allylic oxidation sites excluding steroid dienone is 1. The van der Waals surface area contributed by atoms with Gasteiger partial charge in [-0.15, -0.1) is 12.3 Å². The van der Waals surface area contributed by atoms with Gasteiger partial charge in [0.1, 0.15) is 0 Å². The number of carbonyl (C=O) groups excluding carboxylic acids is 1. The van der Waals surface area contributed by atoms with Crippen LogP contribution in [0.1, 0.15) is 55.7 Å². The minimum Gasteiger partial charge on any atom is -0.625 e. The number of amides is 1. The summed E-state index contributed by atoms with van der Waals surface area (Å²) in [4.78, 5) is 33.0. The molecule has 3 aromatic rings. The van der Waals surface area contributed by atoms with Gasteiger partial charge in [-0.1, -0.05) is 91.0 Å². The molecule has 1 aliphatic rings. The van der Waals surface area contributed by atoms with E-state index in [0.29, 0.717) is 42.8 Å². The van der Waals surface area contributed by atoms with E-state index in [2.05, 4.69) is 28.9 Å². The number of hydrogen-bond donors (Lipinski definition) is 1.